The maximum atomic E-state index is 13.0. The van der Waals surface area contributed by atoms with Crippen LogP contribution in [0.3, 0.4) is 0 Å². The number of carbonyl (C=O) groups excluding carboxylic acids is 1. The first-order chi connectivity index (χ1) is 13.7. The normalized spacial score (nSPS) is 11.3. The molecule has 0 aliphatic rings. The van der Waals surface area contributed by atoms with E-state index in [4.69, 9.17) is 4.98 Å². The lowest BCUT2D eigenvalue weighted by Gasteiger charge is -2.06. The van der Waals surface area contributed by atoms with Crippen molar-refractivity contribution in [1.29, 1.82) is 0 Å². The fourth-order valence-corrected chi connectivity index (χ4v) is 3.28. The van der Waals surface area contributed by atoms with Crippen molar-refractivity contribution >= 4 is 39.0 Å². The first kappa shape index (κ1) is 16.4. The molecule has 5 nitrogen and oxygen atoms in total. The van der Waals surface area contributed by atoms with Crippen molar-refractivity contribution in [3.63, 3.8) is 0 Å². The molecule has 1 amide bonds. The van der Waals surface area contributed by atoms with Crippen molar-refractivity contribution in [2.75, 3.05) is 0 Å². The maximum Gasteiger partial charge on any atom is 0.251 e. The molecule has 0 aliphatic carbocycles. The van der Waals surface area contributed by atoms with Gasteiger partial charge in [-0.15, -0.1) is 0 Å². The minimum absolute atomic E-state index is 0.216. The van der Waals surface area contributed by atoms with Gasteiger partial charge in [-0.05, 0) is 42.0 Å². The molecule has 6 heteroatoms. The van der Waals surface area contributed by atoms with Gasteiger partial charge in [0.2, 0.25) is 0 Å². The molecule has 0 radical (unpaired) electrons. The molecule has 136 valence electrons. The summed E-state index contributed by atoms with van der Waals surface area (Å²) >= 11 is 0. The molecule has 28 heavy (non-hydrogen) atoms. The number of fused-ring (bicyclic) bond motifs is 4. The third-order valence-electron chi connectivity index (χ3n) is 4.73. The predicted octanol–water partition coefficient (Wildman–Crippen LogP) is 4.33. The molecule has 0 aliphatic heterocycles. The summed E-state index contributed by atoms with van der Waals surface area (Å²) in [5.74, 6) is -0.515. The molecule has 2 N–H and O–H groups in total. The van der Waals surface area contributed by atoms with E-state index >= 15 is 0 Å². The summed E-state index contributed by atoms with van der Waals surface area (Å²) in [6.07, 6.45) is 0. The van der Waals surface area contributed by atoms with Gasteiger partial charge in [-0.1, -0.05) is 30.3 Å². The molecule has 2 heterocycles. The highest BCUT2D eigenvalue weighted by Crippen LogP contribution is 2.24. The van der Waals surface area contributed by atoms with E-state index < -0.39 is 0 Å². The maximum absolute atomic E-state index is 13.0. The quantitative estimate of drug-likeness (QED) is 0.496. The lowest BCUT2D eigenvalue weighted by molar-refractivity contribution is 0.0951. The van der Waals surface area contributed by atoms with Crippen LogP contribution in [-0.2, 0) is 6.54 Å². The van der Waals surface area contributed by atoms with Gasteiger partial charge in [0.05, 0.1) is 11.0 Å². The van der Waals surface area contributed by atoms with Crippen LogP contribution in [0.5, 0.6) is 0 Å². The zero-order chi connectivity index (χ0) is 19.1. The van der Waals surface area contributed by atoms with Gasteiger partial charge in [-0.2, -0.15) is 0 Å². The number of carbonyl (C=O) groups is 1. The van der Waals surface area contributed by atoms with E-state index in [2.05, 4.69) is 15.3 Å². The topological polar surface area (TPSA) is 70.7 Å². The average molecular weight is 370 g/mol. The van der Waals surface area contributed by atoms with Crippen LogP contribution in [0.2, 0.25) is 0 Å². The molecule has 0 saturated heterocycles. The summed E-state index contributed by atoms with van der Waals surface area (Å²) in [4.78, 5) is 25.1. The van der Waals surface area contributed by atoms with Crippen molar-refractivity contribution in [2.45, 2.75) is 6.54 Å². The molecule has 0 bridgehead atoms. The third kappa shape index (κ3) is 2.85. The molecule has 0 unspecified atom stereocenters. The average Bonchev–Trinajstić information content (AvgIpc) is 3.08. The van der Waals surface area contributed by atoms with E-state index in [-0.39, 0.29) is 11.7 Å². The molecule has 5 aromatic rings. The Kier molecular flexibility index (Phi) is 3.76. The van der Waals surface area contributed by atoms with Crippen LogP contribution in [0.4, 0.5) is 4.39 Å². The summed E-state index contributed by atoms with van der Waals surface area (Å²) in [6.45, 7) is 0.324. The van der Waals surface area contributed by atoms with Crippen LogP contribution in [0.15, 0.2) is 66.7 Å². The Morgan fingerprint density at radius 2 is 1.79 bits per heavy atom. The van der Waals surface area contributed by atoms with Crippen LogP contribution >= 0.6 is 0 Å². The van der Waals surface area contributed by atoms with Gasteiger partial charge >= 0.3 is 0 Å². The molecule has 0 spiro atoms. The summed E-state index contributed by atoms with van der Waals surface area (Å²) in [5, 5.41) is 3.84. The molecular formula is C22H15FN4O. The summed E-state index contributed by atoms with van der Waals surface area (Å²) in [5.41, 5.74) is 5.19. The summed E-state index contributed by atoms with van der Waals surface area (Å²) in [7, 11) is 0. The number of benzene rings is 3. The summed E-state index contributed by atoms with van der Waals surface area (Å²) < 4.78 is 13.0. The van der Waals surface area contributed by atoms with Crippen LogP contribution < -0.4 is 5.32 Å². The number of aromatic nitrogens is 3. The number of nitrogens with zero attached hydrogens (tertiary/aromatic N) is 2. The van der Waals surface area contributed by atoms with E-state index in [1.54, 1.807) is 30.3 Å². The highest BCUT2D eigenvalue weighted by molar-refractivity contribution is 6.06. The van der Waals surface area contributed by atoms with E-state index in [9.17, 15) is 9.18 Å². The Hall–Kier alpha value is -3.80. The number of amides is 1. The number of H-pyrrole nitrogens is 1. The van der Waals surface area contributed by atoms with Crippen LogP contribution in [-0.4, -0.2) is 20.9 Å². The first-order valence-corrected chi connectivity index (χ1v) is 8.88. The van der Waals surface area contributed by atoms with Gasteiger partial charge in [-0.3, -0.25) is 4.79 Å². The Morgan fingerprint density at radius 3 is 2.64 bits per heavy atom. The van der Waals surface area contributed by atoms with Crippen molar-refractivity contribution in [3.8, 4) is 0 Å². The second-order valence-electron chi connectivity index (χ2n) is 6.60. The predicted molar refractivity (Wildman–Crippen MR) is 106 cm³/mol. The van der Waals surface area contributed by atoms with Crippen LogP contribution in [0.25, 0.3) is 33.1 Å². The Balaban J connectivity index is 1.47. The van der Waals surface area contributed by atoms with Crippen molar-refractivity contribution in [1.82, 2.24) is 20.3 Å². The zero-order valence-corrected chi connectivity index (χ0v) is 14.7. The Labute approximate surface area is 159 Å². The fourth-order valence-electron chi connectivity index (χ4n) is 3.28. The number of rotatable bonds is 3. The second kappa shape index (κ2) is 6.42. The van der Waals surface area contributed by atoms with E-state index in [0.29, 0.717) is 23.1 Å². The summed E-state index contributed by atoms with van der Waals surface area (Å²) in [6, 6.07) is 19.2. The second-order valence-corrected chi connectivity index (χ2v) is 6.60. The highest BCUT2D eigenvalue weighted by Gasteiger charge is 2.11. The van der Waals surface area contributed by atoms with Gasteiger partial charge in [-0.25, -0.2) is 14.4 Å². The first-order valence-electron chi connectivity index (χ1n) is 8.88. The molecular weight excluding hydrogens is 355 g/mol. The number of aromatic amines is 1. The largest absolute Gasteiger partial charge is 0.348 e. The molecule has 2 aromatic heterocycles. The number of nitrogens with one attached hydrogen (secondary N) is 2. The van der Waals surface area contributed by atoms with E-state index in [1.165, 1.54) is 12.1 Å². The molecule has 5 rings (SSSR count). The van der Waals surface area contributed by atoms with Crippen LogP contribution in [0, 0.1) is 5.82 Å². The SMILES string of the molecule is O=C(NCc1ccc(F)cc1)c1ccc2nc3[nH]c4ccccc4c3nc2c1. The number of hydrogen-bond donors (Lipinski definition) is 2. The smallest absolute Gasteiger partial charge is 0.251 e. The lowest BCUT2D eigenvalue weighted by Crippen LogP contribution is -2.22. The minimum Gasteiger partial charge on any atom is -0.348 e. The van der Waals surface area contributed by atoms with E-state index in [0.717, 1.165) is 27.6 Å². The van der Waals surface area contributed by atoms with Gasteiger partial charge in [0.1, 0.15) is 11.3 Å². The fraction of sp³-hybridized carbons (Fsp3) is 0.0455. The third-order valence-corrected chi connectivity index (χ3v) is 4.73. The van der Waals surface area contributed by atoms with E-state index in [1.807, 2.05) is 24.3 Å². The molecule has 3 aromatic carbocycles. The van der Waals surface area contributed by atoms with Gasteiger partial charge in [0.15, 0.2) is 5.65 Å². The molecule has 0 fully saturated rings. The highest BCUT2D eigenvalue weighted by atomic mass is 19.1. The minimum atomic E-state index is -0.299. The van der Waals surface area contributed by atoms with Gasteiger partial charge in [0, 0.05) is 23.0 Å². The van der Waals surface area contributed by atoms with Crippen LogP contribution in [0.1, 0.15) is 15.9 Å². The monoisotopic (exact) mass is 370 g/mol. The van der Waals surface area contributed by atoms with Crippen molar-refractivity contribution in [3.05, 3.63) is 83.7 Å². The lowest BCUT2D eigenvalue weighted by atomic mass is 10.1. The Bertz CT molecular complexity index is 1340. The Morgan fingerprint density at radius 1 is 0.964 bits per heavy atom. The number of hydrogen-bond acceptors (Lipinski definition) is 3. The number of para-hydroxylation sites is 1. The number of halogens is 1. The van der Waals surface area contributed by atoms with Gasteiger partial charge < -0.3 is 10.3 Å². The molecule has 0 atom stereocenters. The van der Waals surface area contributed by atoms with Crippen molar-refractivity contribution < 1.29 is 9.18 Å². The van der Waals surface area contributed by atoms with Crippen molar-refractivity contribution in [2.24, 2.45) is 0 Å². The standard InChI is InChI=1S/C22H15FN4O/c23-15-8-5-13(6-9-15)12-24-22(28)14-7-10-18-19(11-14)25-20-16-3-1-2-4-17(16)26-21(20)27-18/h1-11H,12H2,(H,24,28)(H,26,27). The zero-order valence-electron chi connectivity index (χ0n) is 14.7. The molecule has 0 saturated carbocycles. The van der Waals surface area contributed by atoms with Gasteiger partial charge in [0.25, 0.3) is 5.91 Å².